The van der Waals surface area contributed by atoms with E-state index in [1.807, 2.05) is 30.3 Å². The van der Waals surface area contributed by atoms with Gasteiger partial charge in [-0.3, -0.25) is 9.59 Å². The van der Waals surface area contributed by atoms with Crippen LogP contribution in [0.5, 0.6) is 0 Å². The minimum Gasteiger partial charge on any atom is -0.328 e. The third kappa shape index (κ3) is 4.34. The van der Waals surface area contributed by atoms with Crippen LogP contribution in [0.15, 0.2) is 54.6 Å². The topological polar surface area (TPSA) is 40.6 Å². The number of carbonyl (C=O) groups is 2. The van der Waals surface area contributed by atoms with Crippen LogP contribution in [0.25, 0.3) is 0 Å². The number of amides is 2. The van der Waals surface area contributed by atoms with Crippen molar-refractivity contribution < 1.29 is 14.0 Å². The van der Waals surface area contributed by atoms with Crippen LogP contribution in [-0.4, -0.2) is 40.7 Å². The molecular weight excluding hydrogens is 367 g/mol. The predicted molar refractivity (Wildman–Crippen MR) is 110 cm³/mol. The summed E-state index contributed by atoms with van der Waals surface area (Å²) in [6.07, 6.45) is 5.99. The molecule has 1 heterocycles. The number of piperazine rings is 1. The summed E-state index contributed by atoms with van der Waals surface area (Å²) in [6.45, 7) is 0.616. The second-order valence-electron chi connectivity index (χ2n) is 8.03. The van der Waals surface area contributed by atoms with Crippen LogP contribution >= 0.6 is 0 Å². The Morgan fingerprint density at radius 1 is 0.897 bits per heavy atom. The Balaban J connectivity index is 1.60. The van der Waals surface area contributed by atoms with Gasteiger partial charge in [0.05, 0.1) is 0 Å². The van der Waals surface area contributed by atoms with E-state index in [0.29, 0.717) is 18.5 Å². The molecule has 0 unspecified atom stereocenters. The third-order valence-electron chi connectivity index (χ3n) is 6.14. The maximum atomic E-state index is 13.5. The average Bonchev–Trinajstić information content (AvgIpc) is 2.76. The molecule has 4 nitrogen and oxygen atoms in total. The fraction of sp³-hybridized carbons (Fsp3) is 0.417. The van der Waals surface area contributed by atoms with Gasteiger partial charge in [0.25, 0.3) is 5.91 Å². The zero-order valence-corrected chi connectivity index (χ0v) is 16.6. The molecule has 2 aromatic rings. The molecule has 1 saturated carbocycles. The number of rotatable bonds is 5. The molecule has 2 aromatic carbocycles. The van der Waals surface area contributed by atoms with Gasteiger partial charge in [-0.05, 0) is 42.5 Å². The van der Waals surface area contributed by atoms with Crippen molar-refractivity contribution in [1.82, 2.24) is 9.80 Å². The Bertz CT molecular complexity index is 847. The first-order valence-corrected chi connectivity index (χ1v) is 10.5. The highest BCUT2D eigenvalue weighted by atomic mass is 19.1. The first-order chi connectivity index (χ1) is 14.1. The van der Waals surface area contributed by atoms with Gasteiger partial charge in [-0.15, -0.1) is 0 Å². The van der Waals surface area contributed by atoms with E-state index >= 15 is 0 Å². The van der Waals surface area contributed by atoms with Crippen molar-refractivity contribution in [2.24, 2.45) is 0 Å². The zero-order chi connectivity index (χ0) is 20.2. The SMILES string of the molecule is O=C1[C@@H](c2ccc(F)cc2)N(CCc2ccccc2)C(=O)CN1C1CCCCC1. The van der Waals surface area contributed by atoms with Crippen molar-refractivity contribution >= 4 is 11.8 Å². The number of benzene rings is 2. The lowest BCUT2D eigenvalue weighted by Crippen LogP contribution is -2.58. The molecule has 4 rings (SSSR count). The van der Waals surface area contributed by atoms with Gasteiger partial charge in [-0.2, -0.15) is 0 Å². The van der Waals surface area contributed by atoms with Crippen molar-refractivity contribution in [3.05, 3.63) is 71.5 Å². The van der Waals surface area contributed by atoms with E-state index in [1.165, 1.54) is 18.6 Å². The maximum absolute atomic E-state index is 13.5. The average molecular weight is 394 g/mol. The molecule has 2 fully saturated rings. The molecule has 1 aliphatic carbocycles. The van der Waals surface area contributed by atoms with Gasteiger partial charge >= 0.3 is 0 Å². The Labute approximate surface area is 171 Å². The van der Waals surface area contributed by atoms with Gasteiger partial charge < -0.3 is 9.80 Å². The highest BCUT2D eigenvalue weighted by Gasteiger charge is 2.42. The minimum atomic E-state index is -0.678. The smallest absolute Gasteiger partial charge is 0.250 e. The summed E-state index contributed by atoms with van der Waals surface area (Å²) < 4.78 is 13.5. The maximum Gasteiger partial charge on any atom is 0.250 e. The summed E-state index contributed by atoms with van der Waals surface area (Å²) in [5, 5.41) is 0. The summed E-state index contributed by atoms with van der Waals surface area (Å²) in [4.78, 5) is 30.1. The lowest BCUT2D eigenvalue weighted by molar-refractivity contribution is -0.159. The van der Waals surface area contributed by atoms with E-state index in [1.54, 1.807) is 21.9 Å². The molecule has 0 bridgehead atoms. The van der Waals surface area contributed by atoms with E-state index in [0.717, 1.165) is 31.2 Å². The van der Waals surface area contributed by atoms with Crippen molar-refractivity contribution in [3.8, 4) is 0 Å². The van der Waals surface area contributed by atoms with Crippen LogP contribution in [0.2, 0.25) is 0 Å². The monoisotopic (exact) mass is 394 g/mol. The van der Waals surface area contributed by atoms with Gasteiger partial charge in [0.15, 0.2) is 0 Å². The molecule has 0 aromatic heterocycles. The van der Waals surface area contributed by atoms with Crippen LogP contribution in [0.1, 0.15) is 49.3 Å². The summed E-state index contributed by atoms with van der Waals surface area (Å²) in [5.74, 6) is -0.403. The molecule has 0 spiro atoms. The molecule has 2 aliphatic rings. The Morgan fingerprint density at radius 2 is 1.59 bits per heavy atom. The van der Waals surface area contributed by atoms with E-state index < -0.39 is 6.04 Å². The molecule has 0 radical (unpaired) electrons. The first kappa shape index (κ1) is 19.6. The molecule has 29 heavy (non-hydrogen) atoms. The second kappa shape index (κ2) is 8.76. The highest BCUT2D eigenvalue weighted by molar-refractivity contribution is 5.95. The molecule has 5 heteroatoms. The van der Waals surface area contributed by atoms with Crippen LogP contribution in [0.4, 0.5) is 4.39 Å². The number of carbonyl (C=O) groups excluding carboxylic acids is 2. The van der Waals surface area contributed by atoms with Crippen molar-refractivity contribution in [2.45, 2.75) is 50.6 Å². The summed E-state index contributed by atoms with van der Waals surface area (Å²) in [7, 11) is 0. The molecule has 152 valence electrons. The summed E-state index contributed by atoms with van der Waals surface area (Å²) in [5.41, 5.74) is 1.80. The molecule has 1 atom stereocenters. The Morgan fingerprint density at radius 3 is 2.28 bits per heavy atom. The first-order valence-electron chi connectivity index (χ1n) is 10.5. The number of nitrogens with zero attached hydrogens (tertiary/aromatic N) is 2. The minimum absolute atomic E-state index is 0.0274. The van der Waals surface area contributed by atoms with Gasteiger partial charge in [-0.1, -0.05) is 61.7 Å². The molecule has 1 saturated heterocycles. The van der Waals surface area contributed by atoms with E-state index in [9.17, 15) is 14.0 Å². The highest BCUT2D eigenvalue weighted by Crippen LogP contribution is 2.32. The van der Waals surface area contributed by atoms with Crippen LogP contribution < -0.4 is 0 Å². The normalized spacial score (nSPS) is 20.9. The molecule has 1 aliphatic heterocycles. The van der Waals surface area contributed by atoms with Crippen LogP contribution in [0.3, 0.4) is 0 Å². The third-order valence-corrected chi connectivity index (χ3v) is 6.14. The number of hydrogen-bond donors (Lipinski definition) is 0. The van der Waals surface area contributed by atoms with E-state index in [2.05, 4.69) is 0 Å². The van der Waals surface area contributed by atoms with Gasteiger partial charge in [-0.25, -0.2) is 4.39 Å². The fourth-order valence-electron chi connectivity index (χ4n) is 4.57. The van der Waals surface area contributed by atoms with E-state index in [-0.39, 0.29) is 30.2 Å². The fourth-order valence-corrected chi connectivity index (χ4v) is 4.57. The summed E-state index contributed by atoms with van der Waals surface area (Å²) in [6, 6.07) is 15.4. The van der Waals surface area contributed by atoms with Gasteiger partial charge in [0, 0.05) is 12.6 Å². The lowest BCUT2D eigenvalue weighted by atomic mass is 9.91. The van der Waals surface area contributed by atoms with E-state index in [4.69, 9.17) is 0 Å². The Kier molecular flexibility index (Phi) is 5.93. The van der Waals surface area contributed by atoms with Gasteiger partial charge in [0.1, 0.15) is 18.4 Å². The van der Waals surface area contributed by atoms with Crippen LogP contribution in [-0.2, 0) is 16.0 Å². The molecular formula is C24H27FN2O2. The van der Waals surface area contributed by atoms with Crippen molar-refractivity contribution in [2.75, 3.05) is 13.1 Å². The quantitative estimate of drug-likeness (QED) is 0.766. The van der Waals surface area contributed by atoms with Crippen LogP contribution in [0, 0.1) is 5.82 Å². The Hall–Kier alpha value is -2.69. The van der Waals surface area contributed by atoms with Crippen molar-refractivity contribution in [1.29, 1.82) is 0 Å². The second-order valence-corrected chi connectivity index (χ2v) is 8.03. The molecule has 0 N–H and O–H groups in total. The number of halogens is 1. The van der Waals surface area contributed by atoms with Gasteiger partial charge in [0.2, 0.25) is 5.91 Å². The number of hydrogen-bond acceptors (Lipinski definition) is 2. The lowest BCUT2D eigenvalue weighted by Gasteiger charge is -2.44. The summed E-state index contributed by atoms with van der Waals surface area (Å²) >= 11 is 0. The standard InChI is InChI=1S/C24H27FN2O2/c25-20-13-11-19(12-14-20)23-24(29)27(21-9-5-2-6-10-21)17-22(28)26(23)16-15-18-7-3-1-4-8-18/h1,3-4,7-8,11-14,21,23H,2,5-6,9-10,15-17H2/t23-/m1/s1. The molecule has 2 amide bonds. The zero-order valence-electron chi connectivity index (χ0n) is 16.6. The van der Waals surface area contributed by atoms with Crippen molar-refractivity contribution in [3.63, 3.8) is 0 Å². The largest absolute Gasteiger partial charge is 0.328 e. The predicted octanol–water partition coefficient (Wildman–Crippen LogP) is 4.11.